The average Bonchev–Trinajstić information content (AvgIpc) is 3.22. The van der Waals surface area contributed by atoms with Crippen LogP contribution in [0.1, 0.15) is 30.7 Å². The maximum absolute atomic E-state index is 13.0. The fourth-order valence-corrected chi connectivity index (χ4v) is 2.45. The zero-order chi connectivity index (χ0) is 14.5. The van der Waals surface area contributed by atoms with Gasteiger partial charge < -0.3 is 10.2 Å². The Morgan fingerprint density at radius 2 is 2.00 bits per heavy atom. The Balaban J connectivity index is 1.91. The monoisotopic (exact) mass is 278 g/mol. The van der Waals surface area contributed by atoms with E-state index < -0.39 is 0 Å². The second-order valence-corrected chi connectivity index (χ2v) is 5.81. The largest absolute Gasteiger partial charge is 0.356 e. The molecule has 1 saturated carbocycles. The van der Waals surface area contributed by atoms with Crippen LogP contribution in [0.2, 0.25) is 0 Å². The standard InChI is InChI=1S/C16H23FN2O/c1-19(2)11-3-10-18-16(20)15(12-4-5-12)13-6-8-14(17)9-7-13/h6-9,12,15H,3-5,10-11H2,1-2H3,(H,18,20). The third-order valence-corrected chi connectivity index (χ3v) is 3.69. The number of carbonyl (C=O) groups is 1. The molecule has 1 aromatic carbocycles. The molecule has 1 unspecified atom stereocenters. The first-order valence-corrected chi connectivity index (χ1v) is 7.26. The molecule has 1 N–H and O–H groups in total. The number of amides is 1. The molecule has 2 rings (SSSR count). The van der Waals surface area contributed by atoms with Crippen molar-refractivity contribution in [2.45, 2.75) is 25.2 Å². The van der Waals surface area contributed by atoms with Crippen molar-refractivity contribution in [3.63, 3.8) is 0 Å². The minimum absolute atomic E-state index is 0.0814. The van der Waals surface area contributed by atoms with Crippen LogP contribution < -0.4 is 5.32 Å². The van der Waals surface area contributed by atoms with Crippen molar-refractivity contribution in [1.82, 2.24) is 10.2 Å². The molecule has 1 atom stereocenters. The molecular formula is C16H23FN2O. The summed E-state index contributed by atoms with van der Waals surface area (Å²) in [5, 5.41) is 3.01. The van der Waals surface area contributed by atoms with Crippen LogP contribution in [0, 0.1) is 11.7 Å². The summed E-state index contributed by atoms with van der Waals surface area (Å²) in [6, 6.07) is 6.34. The lowest BCUT2D eigenvalue weighted by molar-refractivity contribution is -0.123. The summed E-state index contributed by atoms with van der Waals surface area (Å²) in [7, 11) is 4.04. The van der Waals surface area contributed by atoms with Gasteiger partial charge in [0.25, 0.3) is 0 Å². The van der Waals surface area contributed by atoms with Crippen molar-refractivity contribution < 1.29 is 9.18 Å². The van der Waals surface area contributed by atoms with Gasteiger partial charge in [0, 0.05) is 6.54 Å². The zero-order valence-corrected chi connectivity index (χ0v) is 12.2. The van der Waals surface area contributed by atoms with Crippen molar-refractivity contribution in [2.75, 3.05) is 27.2 Å². The Labute approximate surface area is 120 Å². The zero-order valence-electron chi connectivity index (χ0n) is 12.2. The van der Waals surface area contributed by atoms with E-state index in [2.05, 4.69) is 10.2 Å². The molecule has 0 aliphatic heterocycles. The summed E-state index contributed by atoms with van der Waals surface area (Å²) < 4.78 is 13.0. The molecule has 1 aromatic rings. The van der Waals surface area contributed by atoms with E-state index in [9.17, 15) is 9.18 Å². The maximum atomic E-state index is 13.0. The van der Waals surface area contributed by atoms with Crippen LogP contribution in [0.3, 0.4) is 0 Å². The molecule has 0 bridgehead atoms. The molecular weight excluding hydrogens is 255 g/mol. The van der Waals surface area contributed by atoms with Gasteiger partial charge in [0.1, 0.15) is 5.82 Å². The summed E-state index contributed by atoms with van der Waals surface area (Å²) in [5.74, 6) is 0.136. The number of rotatable bonds is 7. The Bertz CT molecular complexity index is 440. The van der Waals surface area contributed by atoms with Crippen LogP contribution in [0.25, 0.3) is 0 Å². The Hall–Kier alpha value is -1.42. The first kappa shape index (κ1) is 15.0. The lowest BCUT2D eigenvalue weighted by Gasteiger charge is -2.17. The number of nitrogens with zero attached hydrogens (tertiary/aromatic N) is 1. The molecule has 110 valence electrons. The Morgan fingerprint density at radius 3 is 2.55 bits per heavy atom. The van der Waals surface area contributed by atoms with Gasteiger partial charge in [-0.05, 0) is 63.5 Å². The van der Waals surface area contributed by atoms with Gasteiger partial charge in [0.15, 0.2) is 0 Å². The SMILES string of the molecule is CN(C)CCCNC(=O)C(c1ccc(F)cc1)C1CC1. The predicted octanol–water partition coefficient (Wildman–Crippen LogP) is 2.39. The van der Waals surface area contributed by atoms with Crippen LogP contribution in [-0.2, 0) is 4.79 Å². The fourth-order valence-electron chi connectivity index (χ4n) is 2.45. The molecule has 0 spiro atoms. The quantitative estimate of drug-likeness (QED) is 0.777. The average molecular weight is 278 g/mol. The molecule has 3 nitrogen and oxygen atoms in total. The van der Waals surface area contributed by atoms with E-state index in [1.54, 1.807) is 12.1 Å². The first-order valence-electron chi connectivity index (χ1n) is 7.26. The highest BCUT2D eigenvalue weighted by atomic mass is 19.1. The van der Waals surface area contributed by atoms with Crippen LogP contribution >= 0.6 is 0 Å². The van der Waals surface area contributed by atoms with Crippen LogP contribution in [0.15, 0.2) is 24.3 Å². The summed E-state index contributed by atoms with van der Waals surface area (Å²) in [5.41, 5.74) is 0.930. The second-order valence-electron chi connectivity index (χ2n) is 5.81. The molecule has 1 amide bonds. The van der Waals surface area contributed by atoms with E-state index in [0.717, 1.165) is 31.4 Å². The van der Waals surface area contributed by atoms with E-state index >= 15 is 0 Å². The van der Waals surface area contributed by atoms with Crippen molar-refractivity contribution in [3.8, 4) is 0 Å². The summed E-state index contributed by atoms with van der Waals surface area (Å²) in [6.07, 6.45) is 3.12. The minimum atomic E-state index is -0.255. The van der Waals surface area contributed by atoms with Crippen LogP contribution in [-0.4, -0.2) is 38.0 Å². The highest BCUT2D eigenvalue weighted by Gasteiger charge is 2.37. The number of benzene rings is 1. The Kier molecular flexibility index (Phi) is 5.12. The molecule has 20 heavy (non-hydrogen) atoms. The van der Waals surface area contributed by atoms with Crippen LogP contribution in [0.5, 0.6) is 0 Å². The van der Waals surface area contributed by atoms with Gasteiger partial charge >= 0.3 is 0 Å². The summed E-state index contributed by atoms with van der Waals surface area (Å²) in [4.78, 5) is 14.4. The van der Waals surface area contributed by atoms with E-state index in [1.807, 2.05) is 14.1 Å². The fraction of sp³-hybridized carbons (Fsp3) is 0.562. The van der Waals surface area contributed by atoms with Gasteiger partial charge in [-0.25, -0.2) is 4.39 Å². The van der Waals surface area contributed by atoms with Gasteiger partial charge in [0.05, 0.1) is 5.92 Å². The lowest BCUT2D eigenvalue weighted by atomic mass is 9.93. The highest BCUT2D eigenvalue weighted by Crippen LogP contribution is 2.42. The van der Waals surface area contributed by atoms with Gasteiger partial charge in [0.2, 0.25) is 5.91 Å². The van der Waals surface area contributed by atoms with E-state index in [0.29, 0.717) is 12.5 Å². The van der Waals surface area contributed by atoms with Crippen molar-refractivity contribution in [1.29, 1.82) is 0 Å². The van der Waals surface area contributed by atoms with Gasteiger partial charge in [-0.15, -0.1) is 0 Å². The molecule has 0 aromatic heterocycles. The lowest BCUT2D eigenvalue weighted by Crippen LogP contribution is -2.32. The third-order valence-electron chi connectivity index (χ3n) is 3.69. The molecule has 0 saturated heterocycles. The maximum Gasteiger partial charge on any atom is 0.227 e. The normalized spacial score (nSPS) is 16.2. The van der Waals surface area contributed by atoms with E-state index in [-0.39, 0.29) is 17.6 Å². The predicted molar refractivity (Wildman–Crippen MR) is 78.0 cm³/mol. The van der Waals surface area contributed by atoms with Crippen LogP contribution in [0.4, 0.5) is 4.39 Å². The molecule has 0 radical (unpaired) electrons. The molecule has 1 aliphatic carbocycles. The molecule has 4 heteroatoms. The molecule has 1 fully saturated rings. The number of halogens is 1. The van der Waals surface area contributed by atoms with Crippen molar-refractivity contribution in [2.24, 2.45) is 5.92 Å². The van der Waals surface area contributed by atoms with Gasteiger partial charge in [-0.3, -0.25) is 4.79 Å². The molecule has 1 aliphatic rings. The number of hydrogen-bond donors (Lipinski definition) is 1. The summed E-state index contributed by atoms with van der Waals surface area (Å²) >= 11 is 0. The van der Waals surface area contributed by atoms with Gasteiger partial charge in [-0.2, -0.15) is 0 Å². The second kappa shape index (κ2) is 6.84. The minimum Gasteiger partial charge on any atom is -0.356 e. The van der Waals surface area contributed by atoms with E-state index in [1.165, 1.54) is 12.1 Å². The third kappa shape index (κ3) is 4.30. The summed E-state index contributed by atoms with van der Waals surface area (Å²) in [6.45, 7) is 1.66. The van der Waals surface area contributed by atoms with Gasteiger partial charge in [-0.1, -0.05) is 12.1 Å². The van der Waals surface area contributed by atoms with E-state index in [4.69, 9.17) is 0 Å². The number of nitrogens with one attached hydrogen (secondary N) is 1. The Morgan fingerprint density at radius 1 is 1.35 bits per heavy atom. The smallest absolute Gasteiger partial charge is 0.227 e. The highest BCUT2D eigenvalue weighted by molar-refractivity contribution is 5.84. The molecule has 0 heterocycles. The number of hydrogen-bond acceptors (Lipinski definition) is 2. The number of carbonyl (C=O) groups excluding carboxylic acids is 1. The first-order chi connectivity index (χ1) is 9.58. The van der Waals surface area contributed by atoms with Crippen molar-refractivity contribution in [3.05, 3.63) is 35.6 Å². The van der Waals surface area contributed by atoms with Crippen molar-refractivity contribution >= 4 is 5.91 Å². The topological polar surface area (TPSA) is 32.3 Å².